The van der Waals surface area contributed by atoms with E-state index in [2.05, 4.69) is 4.98 Å². The zero-order chi connectivity index (χ0) is 18.9. The lowest BCUT2D eigenvalue weighted by atomic mass is 9.84. The number of nitrogen functional groups attached to an aromatic ring is 1. The zero-order valence-electron chi connectivity index (χ0n) is 14.5. The summed E-state index contributed by atoms with van der Waals surface area (Å²) in [4.78, 5) is 15.7. The Kier molecular flexibility index (Phi) is 4.70. The molecule has 3 rings (SSSR count). The minimum Gasteiger partial charge on any atom is -0.481 e. The Balaban J connectivity index is 1.99. The van der Waals surface area contributed by atoms with Crippen LogP contribution in [0.1, 0.15) is 19.4 Å². The number of nitrogens with zero attached hydrogens (tertiary/aromatic N) is 1. The second-order valence-corrected chi connectivity index (χ2v) is 7.11. The molecule has 3 N–H and O–H groups in total. The molecule has 26 heavy (non-hydrogen) atoms. The molecule has 0 amide bonds. The van der Waals surface area contributed by atoms with Gasteiger partial charge in [0, 0.05) is 22.3 Å². The van der Waals surface area contributed by atoms with Crippen molar-refractivity contribution in [2.75, 3.05) is 5.73 Å². The molecule has 0 fully saturated rings. The number of benzene rings is 2. The van der Waals surface area contributed by atoms with Crippen LogP contribution in [0.15, 0.2) is 60.8 Å². The van der Waals surface area contributed by atoms with Crippen LogP contribution >= 0.6 is 11.6 Å². The number of hydrogen-bond donors (Lipinski definition) is 2. The van der Waals surface area contributed by atoms with Crippen LogP contribution < -0.4 is 5.73 Å². The van der Waals surface area contributed by atoms with Gasteiger partial charge < -0.3 is 10.8 Å². The Morgan fingerprint density at radius 3 is 2.15 bits per heavy atom. The maximum Gasteiger partial charge on any atom is 0.313 e. The van der Waals surface area contributed by atoms with Gasteiger partial charge in [-0.25, -0.2) is 4.98 Å². The monoisotopic (exact) mass is 366 g/mol. The van der Waals surface area contributed by atoms with Gasteiger partial charge in [0.05, 0.1) is 5.41 Å². The Morgan fingerprint density at radius 2 is 1.58 bits per heavy atom. The van der Waals surface area contributed by atoms with Gasteiger partial charge in [0.2, 0.25) is 0 Å². The van der Waals surface area contributed by atoms with Crippen molar-refractivity contribution in [2.45, 2.75) is 19.3 Å². The van der Waals surface area contributed by atoms with Crippen LogP contribution in [-0.4, -0.2) is 16.1 Å². The van der Waals surface area contributed by atoms with Crippen LogP contribution in [0.2, 0.25) is 5.02 Å². The molecule has 0 unspecified atom stereocenters. The van der Waals surface area contributed by atoms with E-state index in [1.807, 2.05) is 54.6 Å². The standard InChI is InChI=1S/C21H19ClN2O2/c1-21(2,20(25)26)16-7-3-13(4-8-16)15-11-18(19(23)24-12-15)14-5-9-17(22)10-6-14/h3-12H,1-2H3,(H2,23,24)(H,25,26). The number of hydrogen-bond acceptors (Lipinski definition) is 3. The fourth-order valence-corrected chi connectivity index (χ4v) is 2.82. The molecule has 0 spiro atoms. The molecule has 0 bridgehead atoms. The fourth-order valence-electron chi connectivity index (χ4n) is 2.70. The highest BCUT2D eigenvalue weighted by molar-refractivity contribution is 6.30. The summed E-state index contributed by atoms with van der Waals surface area (Å²) in [5.74, 6) is -0.413. The van der Waals surface area contributed by atoms with Crippen molar-refractivity contribution < 1.29 is 9.90 Å². The molecule has 0 radical (unpaired) electrons. The summed E-state index contributed by atoms with van der Waals surface area (Å²) in [6, 6.07) is 16.9. The Labute approximate surface area is 157 Å². The Bertz CT molecular complexity index is 949. The van der Waals surface area contributed by atoms with E-state index in [0.29, 0.717) is 10.8 Å². The van der Waals surface area contributed by atoms with Crippen molar-refractivity contribution >= 4 is 23.4 Å². The van der Waals surface area contributed by atoms with Gasteiger partial charge in [-0.05, 0) is 48.7 Å². The van der Waals surface area contributed by atoms with Crippen molar-refractivity contribution in [3.63, 3.8) is 0 Å². The first-order chi connectivity index (χ1) is 12.3. The summed E-state index contributed by atoms with van der Waals surface area (Å²) in [6.07, 6.45) is 1.71. The van der Waals surface area contributed by atoms with Gasteiger partial charge in [0.1, 0.15) is 5.82 Å². The lowest BCUT2D eigenvalue weighted by Gasteiger charge is -2.20. The van der Waals surface area contributed by atoms with E-state index in [-0.39, 0.29) is 0 Å². The highest BCUT2D eigenvalue weighted by atomic mass is 35.5. The van der Waals surface area contributed by atoms with Gasteiger partial charge in [0.15, 0.2) is 0 Å². The molecule has 132 valence electrons. The Hall–Kier alpha value is -2.85. The summed E-state index contributed by atoms with van der Waals surface area (Å²) in [5.41, 5.74) is 9.46. The van der Waals surface area contributed by atoms with Crippen LogP contribution in [0.25, 0.3) is 22.3 Å². The largest absolute Gasteiger partial charge is 0.481 e. The smallest absolute Gasteiger partial charge is 0.313 e. The van der Waals surface area contributed by atoms with Crippen molar-refractivity contribution in [1.29, 1.82) is 0 Å². The SMILES string of the molecule is CC(C)(C(=O)O)c1ccc(-c2cnc(N)c(-c3ccc(Cl)cc3)c2)cc1. The van der Waals surface area contributed by atoms with E-state index >= 15 is 0 Å². The van der Waals surface area contributed by atoms with Gasteiger partial charge in [-0.15, -0.1) is 0 Å². The molecule has 1 heterocycles. The number of aliphatic carboxylic acids is 1. The van der Waals surface area contributed by atoms with E-state index < -0.39 is 11.4 Å². The first-order valence-electron chi connectivity index (χ1n) is 8.15. The molecule has 3 aromatic rings. The Morgan fingerprint density at radius 1 is 1.00 bits per heavy atom. The van der Waals surface area contributed by atoms with Crippen molar-refractivity contribution in [1.82, 2.24) is 4.98 Å². The van der Waals surface area contributed by atoms with Crippen LogP contribution in [0.3, 0.4) is 0 Å². The highest BCUT2D eigenvalue weighted by Gasteiger charge is 2.29. The number of carbonyl (C=O) groups is 1. The van der Waals surface area contributed by atoms with Gasteiger partial charge >= 0.3 is 5.97 Å². The number of pyridine rings is 1. The van der Waals surface area contributed by atoms with E-state index in [0.717, 1.165) is 27.8 Å². The summed E-state index contributed by atoms with van der Waals surface area (Å²) >= 11 is 5.95. The van der Waals surface area contributed by atoms with E-state index in [1.54, 1.807) is 20.0 Å². The first-order valence-corrected chi connectivity index (χ1v) is 8.52. The maximum absolute atomic E-state index is 11.4. The number of carboxylic acids is 1. The summed E-state index contributed by atoms with van der Waals surface area (Å²) in [6.45, 7) is 3.38. The number of nitrogens with two attached hydrogens (primary N) is 1. The topological polar surface area (TPSA) is 76.2 Å². The van der Waals surface area contributed by atoms with Gasteiger partial charge in [-0.3, -0.25) is 4.79 Å². The second kappa shape index (κ2) is 6.81. The van der Waals surface area contributed by atoms with E-state index in [9.17, 15) is 9.90 Å². The van der Waals surface area contributed by atoms with Crippen LogP contribution in [0.5, 0.6) is 0 Å². The van der Waals surface area contributed by atoms with Gasteiger partial charge in [-0.2, -0.15) is 0 Å². The molecule has 0 aliphatic carbocycles. The highest BCUT2D eigenvalue weighted by Crippen LogP contribution is 2.31. The molecule has 0 aliphatic rings. The third-order valence-corrected chi connectivity index (χ3v) is 4.80. The van der Waals surface area contributed by atoms with Crippen molar-refractivity contribution in [2.24, 2.45) is 0 Å². The summed E-state index contributed by atoms with van der Waals surface area (Å²) < 4.78 is 0. The average Bonchev–Trinajstić information content (AvgIpc) is 2.63. The number of carboxylic acid groups (broad SMARTS) is 1. The third kappa shape index (κ3) is 3.41. The van der Waals surface area contributed by atoms with Crippen LogP contribution in [-0.2, 0) is 10.2 Å². The third-order valence-electron chi connectivity index (χ3n) is 4.55. The number of anilines is 1. The molecule has 5 heteroatoms. The van der Waals surface area contributed by atoms with Crippen molar-refractivity contribution in [3.05, 3.63) is 71.4 Å². The number of rotatable bonds is 4. The second-order valence-electron chi connectivity index (χ2n) is 6.67. The fraction of sp³-hybridized carbons (Fsp3) is 0.143. The molecular weight excluding hydrogens is 348 g/mol. The molecule has 0 aliphatic heterocycles. The zero-order valence-corrected chi connectivity index (χ0v) is 15.3. The molecule has 0 saturated heterocycles. The molecule has 4 nitrogen and oxygen atoms in total. The molecular formula is C21H19ClN2O2. The van der Waals surface area contributed by atoms with Gasteiger partial charge in [0.25, 0.3) is 0 Å². The van der Waals surface area contributed by atoms with Gasteiger partial charge in [-0.1, -0.05) is 48.0 Å². The first kappa shape index (κ1) is 18.0. The minimum atomic E-state index is -0.938. The van der Waals surface area contributed by atoms with Crippen molar-refractivity contribution in [3.8, 4) is 22.3 Å². The lowest BCUT2D eigenvalue weighted by Crippen LogP contribution is -2.28. The quantitative estimate of drug-likeness (QED) is 0.680. The average molecular weight is 367 g/mol. The van der Waals surface area contributed by atoms with E-state index in [4.69, 9.17) is 17.3 Å². The predicted molar refractivity (Wildman–Crippen MR) is 105 cm³/mol. The van der Waals surface area contributed by atoms with Crippen LogP contribution in [0, 0.1) is 0 Å². The van der Waals surface area contributed by atoms with E-state index in [1.165, 1.54) is 0 Å². The lowest BCUT2D eigenvalue weighted by molar-refractivity contribution is -0.142. The molecule has 2 aromatic carbocycles. The summed E-state index contributed by atoms with van der Waals surface area (Å²) in [7, 11) is 0. The maximum atomic E-state index is 11.4. The summed E-state index contributed by atoms with van der Waals surface area (Å²) in [5, 5.41) is 10.0. The molecule has 1 aromatic heterocycles. The molecule has 0 saturated carbocycles. The number of halogens is 1. The normalized spacial score (nSPS) is 11.3. The predicted octanol–water partition coefficient (Wildman–Crippen LogP) is 5.01. The number of aromatic nitrogens is 1. The van der Waals surface area contributed by atoms with Crippen LogP contribution in [0.4, 0.5) is 5.82 Å². The minimum absolute atomic E-state index is 0.444. The molecule has 0 atom stereocenters.